The average Bonchev–Trinajstić information content (AvgIpc) is 2.08. The lowest BCUT2D eigenvalue weighted by atomic mass is 10.2. The van der Waals surface area contributed by atoms with E-state index < -0.39 is 12.0 Å². The van der Waals surface area contributed by atoms with Crippen LogP contribution in [0.15, 0.2) is 10.9 Å². The highest BCUT2D eigenvalue weighted by Gasteiger charge is 2.14. The van der Waals surface area contributed by atoms with E-state index in [0.717, 1.165) is 0 Å². The molecule has 5 heteroatoms. The normalized spacial score (nSPS) is 10.8. The standard InChI is InChI=1S/C8H8BrF2NO/c1-4-2-5(3-9)6(7(10)11)12-8(4)13/h2,7H,3H2,1H3,(H,12,13). The second-order valence-corrected chi connectivity index (χ2v) is 3.22. The number of H-pyrrole nitrogens is 1. The molecule has 0 radical (unpaired) electrons. The quantitative estimate of drug-likeness (QED) is 0.806. The van der Waals surface area contributed by atoms with E-state index in [0.29, 0.717) is 16.5 Å². The molecule has 1 rings (SSSR count). The third-order valence-corrected chi connectivity index (χ3v) is 2.31. The first kappa shape index (κ1) is 10.4. The first-order chi connectivity index (χ1) is 6.06. The van der Waals surface area contributed by atoms with Crippen LogP contribution in [0.1, 0.15) is 23.2 Å². The Bertz CT molecular complexity index is 362. The number of nitrogens with one attached hydrogen (secondary N) is 1. The lowest BCUT2D eigenvalue weighted by molar-refractivity contribution is 0.145. The molecular weight excluding hydrogens is 244 g/mol. The summed E-state index contributed by atoms with van der Waals surface area (Å²) >= 11 is 3.08. The highest BCUT2D eigenvalue weighted by atomic mass is 79.9. The zero-order valence-corrected chi connectivity index (χ0v) is 8.49. The van der Waals surface area contributed by atoms with E-state index in [4.69, 9.17) is 0 Å². The summed E-state index contributed by atoms with van der Waals surface area (Å²) in [4.78, 5) is 13.2. The van der Waals surface area contributed by atoms with Crippen LogP contribution in [0.2, 0.25) is 0 Å². The van der Waals surface area contributed by atoms with Crippen molar-refractivity contribution >= 4 is 15.9 Å². The van der Waals surface area contributed by atoms with Gasteiger partial charge in [0.15, 0.2) is 0 Å². The molecule has 0 atom stereocenters. The van der Waals surface area contributed by atoms with E-state index in [1.807, 2.05) is 0 Å². The van der Waals surface area contributed by atoms with Crippen LogP contribution in [0.3, 0.4) is 0 Å². The number of hydrogen-bond acceptors (Lipinski definition) is 1. The lowest BCUT2D eigenvalue weighted by Gasteiger charge is -2.06. The molecule has 0 aliphatic heterocycles. The molecule has 0 saturated heterocycles. The van der Waals surface area contributed by atoms with Gasteiger partial charge in [0.05, 0.1) is 5.69 Å². The number of halogens is 3. The Hall–Kier alpha value is -0.710. The van der Waals surface area contributed by atoms with Crippen molar-refractivity contribution in [1.82, 2.24) is 4.98 Å². The van der Waals surface area contributed by atoms with Crippen LogP contribution in [0.5, 0.6) is 0 Å². The van der Waals surface area contributed by atoms with E-state index in [-0.39, 0.29) is 5.69 Å². The van der Waals surface area contributed by atoms with Crippen molar-refractivity contribution in [2.45, 2.75) is 18.7 Å². The van der Waals surface area contributed by atoms with E-state index in [9.17, 15) is 13.6 Å². The van der Waals surface area contributed by atoms with Gasteiger partial charge in [-0.1, -0.05) is 15.9 Å². The smallest absolute Gasteiger partial charge is 0.278 e. The van der Waals surface area contributed by atoms with Gasteiger partial charge >= 0.3 is 0 Å². The summed E-state index contributed by atoms with van der Waals surface area (Å²) in [5.74, 6) is 0. The van der Waals surface area contributed by atoms with Crippen molar-refractivity contribution in [3.63, 3.8) is 0 Å². The Morgan fingerprint density at radius 2 is 2.23 bits per heavy atom. The largest absolute Gasteiger partial charge is 0.321 e. The Balaban J connectivity index is 3.33. The summed E-state index contributed by atoms with van der Waals surface area (Å²) in [6.07, 6.45) is -2.64. The van der Waals surface area contributed by atoms with Crippen LogP contribution >= 0.6 is 15.9 Å². The SMILES string of the molecule is Cc1cc(CBr)c(C(F)F)[nH]c1=O. The molecule has 1 aromatic heterocycles. The van der Waals surface area contributed by atoms with Crippen molar-refractivity contribution < 1.29 is 8.78 Å². The molecule has 1 heterocycles. The summed E-state index contributed by atoms with van der Waals surface area (Å²) in [7, 11) is 0. The van der Waals surface area contributed by atoms with Crippen molar-refractivity contribution in [2.75, 3.05) is 0 Å². The van der Waals surface area contributed by atoms with Gasteiger partial charge in [-0.15, -0.1) is 0 Å². The molecule has 0 saturated carbocycles. The summed E-state index contributed by atoms with van der Waals surface area (Å²) in [5.41, 5.74) is 0.110. The molecule has 0 amide bonds. The molecule has 2 nitrogen and oxygen atoms in total. The molecule has 0 aliphatic rings. The van der Waals surface area contributed by atoms with Crippen molar-refractivity contribution in [3.05, 3.63) is 33.2 Å². The van der Waals surface area contributed by atoms with Crippen LogP contribution in [-0.2, 0) is 5.33 Å². The highest BCUT2D eigenvalue weighted by molar-refractivity contribution is 9.08. The molecule has 0 aliphatic carbocycles. The number of alkyl halides is 3. The third-order valence-electron chi connectivity index (χ3n) is 1.71. The maximum Gasteiger partial charge on any atom is 0.278 e. The maximum atomic E-state index is 12.3. The first-order valence-electron chi connectivity index (χ1n) is 3.63. The third kappa shape index (κ3) is 2.15. The zero-order chi connectivity index (χ0) is 10.0. The molecule has 0 spiro atoms. The van der Waals surface area contributed by atoms with E-state index in [2.05, 4.69) is 20.9 Å². The predicted molar refractivity (Wildman–Crippen MR) is 49.4 cm³/mol. The molecule has 13 heavy (non-hydrogen) atoms. The van der Waals surface area contributed by atoms with Gasteiger partial charge in [-0.2, -0.15) is 0 Å². The number of pyridine rings is 1. The molecule has 1 N–H and O–H groups in total. The Morgan fingerprint density at radius 1 is 1.62 bits per heavy atom. The summed E-state index contributed by atoms with van der Waals surface area (Å²) < 4.78 is 24.7. The highest BCUT2D eigenvalue weighted by Crippen LogP contribution is 2.21. The van der Waals surface area contributed by atoms with E-state index in [1.54, 1.807) is 6.92 Å². The monoisotopic (exact) mass is 251 g/mol. The van der Waals surface area contributed by atoms with Gasteiger partial charge in [0.1, 0.15) is 0 Å². The van der Waals surface area contributed by atoms with Crippen LogP contribution < -0.4 is 5.56 Å². The van der Waals surface area contributed by atoms with Crippen LogP contribution in [0.4, 0.5) is 8.78 Å². The Labute approximate surface area is 82.1 Å². The van der Waals surface area contributed by atoms with Gasteiger partial charge in [-0.3, -0.25) is 4.79 Å². The molecule has 0 unspecified atom stereocenters. The maximum absolute atomic E-state index is 12.3. The van der Waals surface area contributed by atoms with Gasteiger partial charge in [0, 0.05) is 10.9 Å². The minimum Gasteiger partial charge on any atom is -0.321 e. The summed E-state index contributed by atoms with van der Waals surface area (Å²) in [5, 5.41) is 0.310. The number of aryl methyl sites for hydroxylation is 1. The summed E-state index contributed by atoms with van der Waals surface area (Å²) in [6.45, 7) is 1.58. The van der Waals surface area contributed by atoms with Crippen molar-refractivity contribution in [1.29, 1.82) is 0 Å². The predicted octanol–water partition coefficient (Wildman–Crippen LogP) is 2.52. The number of aromatic nitrogens is 1. The van der Waals surface area contributed by atoms with Gasteiger partial charge in [0.25, 0.3) is 12.0 Å². The van der Waals surface area contributed by atoms with E-state index in [1.165, 1.54) is 6.07 Å². The number of aromatic amines is 1. The minimum atomic E-state index is -2.64. The average molecular weight is 252 g/mol. The summed E-state index contributed by atoms with van der Waals surface area (Å²) in [6, 6.07) is 1.47. The molecule has 0 fully saturated rings. The van der Waals surface area contributed by atoms with Crippen LogP contribution in [0.25, 0.3) is 0 Å². The fourth-order valence-corrected chi connectivity index (χ4v) is 1.48. The molecular formula is C8H8BrF2NO. The van der Waals surface area contributed by atoms with Crippen LogP contribution in [0, 0.1) is 6.92 Å². The number of hydrogen-bond donors (Lipinski definition) is 1. The second-order valence-electron chi connectivity index (χ2n) is 2.65. The van der Waals surface area contributed by atoms with Crippen LogP contribution in [-0.4, -0.2) is 4.98 Å². The molecule has 1 aromatic rings. The Kier molecular flexibility index (Phi) is 3.19. The lowest BCUT2D eigenvalue weighted by Crippen LogP contribution is -2.14. The topological polar surface area (TPSA) is 32.9 Å². The van der Waals surface area contributed by atoms with Crippen molar-refractivity contribution in [2.24, 2.45) is 0 Å². The second kappa shape index (κ2) is 4.00. The Morgan fingerprint density at radius 3 is 2.69 bits per heavy atom. The van der Waals surface area contributed by atoms with Crippen molar-refractivity contribution in [3.8, 4) is 0 Å². The fraction of sp³-hybridized carbons (Fsp3) is 0.375. The minimum absolute atomic E-state index is 0.299. The molecule has 0 aromatic carbocycles. The first-order valence-corrected chi connectivity index (χ1v) is 4.75. The fourth-order valence-electron chi connectivity index (χ4n) is 1.01. The van der Waals surface area contributed by atoms with Gasteiger partial charge in [0.2, 0.25) is 0 Å². The zero-order valence-electron chi connectivity index (χ0n) is 6.90. The van der Waals surface area contributed by atoms with Gasteiger partial charge in [-0.25, -0.2) is 8.78 Å². The van der Waals surface area contributed by atoms with E-state index >= 15 is 0 Å². The van der Waals surface area contributed by atoms with Gasteiger partial charge < -0.3 is 4.98 Å². The van der Waals surface area contributed by atoms with Gasteiger partial charge in [-0.05, 0) is 18.6 Å². The molecule has 0 bridgehead atoms. The molecule has 72 valence electrons. The number of rotatable bonds is 2.